The molecule has 3 N–H and O–H groups in total. The van der Waals surface area contributed by atoms with E-state index < -0.39 is 6.61 Å². The van der Waals surface area contributed by atoms with Crippen molar-refractivity contribution in [2.75, 3.05) is 13.1 Å². The number of benzene rings is 1. The molecule has 8 heteroatoms. The fourth-order valence-corrected chi connectivity index (χ4v) is 2.77. The monoisotopic (exact) mass is 341 g/mol. The van der Waals surface area contributed by atoms with Crippen molar-refractivity contribution in [3.63, 3.8) is 0 Å². The topological polar surface area (TPSA) is 84.7 Å². The summed E-state index contributed by atoms with van der Waals surface area (Å²) in [6, 6.07) is 5.96. The third-order valence-electron chi connectivity index (χ3n) is 3.93. The maximum absolute atomic E-state index is 12.1. The minimum atomic E-state index is -2.86. The number of amides is 2. The number of likely N-dealkylation sites (tertiary alicyclic amines) is 1. The van der Waals surface area contributed by atoms with Crippen LogP contribution in [0.1, 0.15) is 24.8 Å². The Morgan fingerprint density at radius 3 is 2.67 bits per heavy atom. The van der Waals surface area contributed by atoms with Crippen molar-refractivity contribution >= 4 is 11.8 Å². The van der Waals surface area contributed by atoms with Crippen molar-refractivity contribution in [2.45, 2.75) is 38.5 Å². The van der Waals surface area contributed by atoms with Crippen LogP contribution in [0.3, 0.4) is 0 Å². The summed E-state index contributed by atoms with van der Waals surface area (Å²) in [5.74, 6) is -0.230. The normalized spacial score (nSPS) is 17.2. The summed E-state index contributed by atoms with van der Waals surface area (Å²) in [6.45, 7) is -1.99. The molecule has 2 rings (SSSR count). The number of halogens is 2. The van der Waals surface area contributed by atoms with Gasteiger partial charge in [0.15, 0.2) is 0 Å². The zero-order chi connectivity index (χ0) is 17.5. The summed E-state index contributed by atoms with van der Waals surface area (Å²) >= 11 is 0. The molecule has 1 aliphatic heterocycles. The Labute approximate surface area is 138 Å². The van der Waals surface area contributed by atoms with Crippen LogP contribution in [-0.4, -0.2) is 42.5 Å². The number of rotatable bonds is 7. The smallest absolute Gasteiger partial charge is 0.387 e. The Hall–Kier alpha value is -2.22. The fraction of sp³-hybridized carbons (Fsp3) is 0.500. The second-order valence-corrected chi connectivity index (χ2v) is 5.59. The van der Waals surface area contributed by atoms with Gasteiger partial charge in [-0.1, -0.05) is 12.1 Å². The van der Waals surface area contributed by atoms with E-state index in [1.165, 1.54) is 12.1 Å². The zero-order valence-corrected chi connectivity index (χ0v) is 13.2. The van der Waals surface area contributed by atoms with E-state index in [0.29, 0.717) is 6.54 Å². The Balaban J connectivity index is 1.79. The third kappa shape index (κ3) is 5.16. The van der Waals surface area contributed by atoms with Gasteiger partial charge in [-0.25, -0.2) is 0 Å². The predicted molar refractivity (Wildman–Crippen MR) is 83.3 cm³/mol. The van der Waals surface area contributed by atoms with Crippen LogP contribution in [0.25, 0.3) is 0 Å². The summed E-state index contributed by atoms with van der Waals surface area (Å²) in [5.41, 5.74) is 6.14. The van der Waals surface area contributed by atoms with Crippen molar-refractivity contribution in [1.29, 1.82) is 0 Å². The summed E-state index contributed by atoms with van der Waals surface area (Å²) in [4.78, 5) is 25.4. The molecule has 0 saturated carbocycles. The van der Waals surface area contributed by atoms with Crippen molar-refractivity contribution in [3.8, 4) is 5.75 Å². The van der Waals surface area contributed by atoms with Gasteiger partial charge in [0, 0.05) is 25.6 Å². The minimum Gasteiger partial charge on any atom is -0.435 e. The molecular weight excluding hydrogens is 320 g/mol. The number of carbonyl (C=O) groups excluding carboxylic acids is 2. The lowest BCUT2D eigenvalue weighted by atomic mass is 10.1. The second kappa shape index (κ2) is 8.58. The van der Waals surface area contributed by atoms with Gasteiger partial charge in [0.25, 0.3) is 0 Å². The van der Waals surface area contributed by atoms with Gasteiger partial charge in [-0.2, -0.15) is 8.78 Å². The van der Waals surface area contributed by atoms with Crippen LogP contribution in [0.15, 0.2) is 24.3 Å². The molecule has 24 heavy (non-hydrogen) atoms. The predicted octanol–water partition coefficient (Wildman–Crippen LogP) is 1.24. The van der Waals surface area contributed by atoms with E-state index in [9.17, 15) is 18.4 Å². The molecule has 1 fully saturated rings. The van der Waals surface area contributed by atoms with Crippen LogP contribution in [0, 0.1) is 0 Å². The van der Waals surface area contributed by atoms with Gasteiger partial charge in [0.1, 0.15) is 5.75 Å². The van der Waals surface area contributed by atoms with Crippen LogP contribution in [0.4, 0.5) is 8.78 Å². The molecule has 1 aromatic carbocycles. The Kier molecular flexibility index (Phi) is 6.48. The van der Waals surface area contributed by atoms with E-state index >= 15 is 0 Å². The number of alkyl halides is 2. The lowest BCUT2D eigenvalue weighted by molar-refractivity contribution is -0.131. The van der Waals surface area contributed by atoms with Crippen LogP contribution in [-0.2, 0) is 16.1 Å². The molecule has 0 aliphatic carbocycles. The van der Waals surface area contributed by atoms with Crippen molar-refractivity contribution in [1.82, 2.24) is 10.2 Å². The highest BCUT2D eigenvalue weighted by atomic mass is 19.3. The SMILES string of the molecule is NCC(=O)N1CCC[C@H]1CC(=O)NCc1ccc(OC(F)F)cc1. The quantitative estimate of drug-likeness (QED) is 0.782. The summed E-state index contributed by atoms with van der Waals surface area (Å²) in [5, 5.41) is 2.77. The number of nitrogens with two attached hydrogens (primary N) is 1. The number of ether oxygens (including phenoxy) is 1. The molecule has 0 bridgehead atoms. The first-order valence-corrected chi connectivity index (χ1v) is 7.79. The molecule has 1 aliphatic rings. The molecular formula is C16H21F2N3O3. The molecule has 1 heterocycles. The number of nitrogens with one attached hydrogen (secondary N) is 1. The summed E-state index contributed by atoms with van der Waals surface area (Å²) < 4.78 is 28.4. The minimum absolute atomic E-state index is 0.0504. The van der Waals surface area contributed by atoms with Gasteiger partial charge in [-0.05, 0) is 30.5 Å². The average molecular weight is 341 g/mol. The average Bonchev–Trinajstić information content (AvgIpc) is 3.01. The van der Waals surface area contributed by atoms with Gasteiger partial charge in [-0.3, -0.25) is 9.59 Å². The summed E-state index contributed by atoms with van der Waals surface area (Å²) in [7, 11) is 0. The standard InChI is InChI=1S/C16H21F2N3O3/c17-16(18)24-13-5-3-11(4-6-13)10-20-14(22)8-12-2-1-7-21(12)15(23)9-19/h3-6,12,16H,1-2,7-10,19H2,(H,20,22)/t12-/m0/s1. The van der Waals surface area contributed by atoms with Crippen molar-refractivity contribution < 1.29 is 23.1 Å². The molecule has 0 radical (unpaired) electrons. The lowest BCUT2D eigenvalue weighted by Gasteiger charge is -2.23. The van der Waals surface area contributed by atoms with E-state index in [1.54, 1.807) is 17.0 Å². The highest BCUT2D eigenvalue weighted by Crippen LogP contribution is 2.20. The second-order valence-electron chi connectivity index (χ2n) is 5.59. The molecule has 2 amide bonds. The first-order chi connectivity index (χ1) is 11.5. The Morgan fingerprint density at radius 1 is 1.33 bits per heavy atom. The number of carbonyl (C=O) groups is 2. The largest absolute Gasteiger partial charge is 0.435 e. The zero-order valence-electron chi connectivity index (χ0n) is 13.2. The molecule has 0 unspecified atom stereocenters. The van der Waals surface area contributed by atoms with E-state index in [1.807, 2.05) is 0 Å². The molecule has 1 atom stereocenters. The maximum Gasteiger partial charge on any atom is 0.387 e. The van der Waals surface area contributed by atoms with Crippen LogP contribution in [0.5, 0.6) is 5.75 Å². The maximum atomic E-state index is 12.1. The molecule has 0 aromatic heterocycles. The van der Waals surface area contributed by atoms with Crippen LogP contribution in [0.2, 0.25) is 0 Å². The van der Waals surface area contributed by atoms with Gasteiger partial charge < -0.3 is 20.7 Å². The van der Waals surface area contributed by atoms with E-state index in [-0.39, 0.29) is 43.1 Å². The van der Waals surface area contributed by atoms with Crippen LogP contribution >= 0.6 is 0 Å². The van der Waals surface area contributed by atoms with E-state index in [0.717, 1.165) is 18.4 Å². The number of hydrogen-bond donors (Lipinski definition) is 2. The third-order valence-corrected chi connectivity index (χ3v) is 3.93. The van der Waals surface area contributed by atoms with Gasteiger partial charge in [0.05, 0.1) is 6.54 Å². The first-order valence-electron chi connectivity index (χ1n) is 7.79. The molecule has 6 nitrogen and oxygen atoms in total. The Morgan fingerprint density at radius 2 is 2.04 bits per heavy atom. The summed E-state index contributed by atoms with van der Waals surface area (Å²) in [6.07, 6.45) is 1.90. The van der Waals surface area contributed by atoms with Gasteiger partial charge in [-0.15, -0.1) is 0 Å². The fourth-order valence-electron chi connectivity index (χ4n) is 2.77. The highest BCUT2D eigenvalue weighted by Gasteiger charge is 2.29. The molecule has 0 spiro atoms. The van der Waals surface area contributed by atoms with Gasteiger partial charge >= 0.3 is 6.61 Å². The number of hydrogen-bond acceptors (Lipinski definition) is 4. The lowest BCUT2D eigenvalue weighted by Crippen LogP contribution is -2.41. The first kappa shape index (κ1) is 18.1. The molecule has 132 valence electrons. The Bertz CT molecular complexity index is 566. The van der Waals surface area contributed by atoms with E-state index in [4.69, 9.17) is 5.73 Å². The van der Waals surface area contributed by atoms with E-state index in [2.05, 4.69) is 10.1 Å². The molecule has 1 saturated heterocycles. The van der Waals surface area contributed by atoms with Gasteiger partial charge in [0.2, 0.25) is 11.8 Å². The van der Waals surface area contributed by atoms with Crippen molar-refractivity contribution in [3.05, 3.63) is 29.8 Å². The van der Waals surface area contributed by atoms with Crippen LogP contribution < -0.4 is 15.8 Å². The number of nitrogens with zero attached hydrogens (tertiary/aromatic N) is 1. The highest BCUT2D eigenvalue weighted by molar-refractivity contribution is 5.81. The van der Waals surface area contributed by atoms with Crippen molar-refractivity contribution in [2.24, 2.45) is 5.73 Å². The molecule has 1 aromatic rings.